The van der Waals surface area contributed by atoms with Crippen LogP contribution >= 0.6 is 0 Å². The van der Waals surface area contributed by atoms with E-state index in [1.165, 1.54) is 0 Å². The SMILES string of the molecule is B/C(C#N)=C(\C)C#N. The Morgan fingerprint density at radius 2 is 1.88 bits per heavy atom. The molecule has 0 aromatic rings. The minimum atomic E-state index is 0.493. The molecular formula is C5H5BN2. The minimum Gasteiger partial charge on any atom is -0.194 e. The first-order chi connectivity index (χ1) is 3.72. The molecule has 38 valence electrons. The summed E-state index contributed by atoms with van der Waals surface area (Å²) in [6.45, 7) is 1.62. The molecule has 0 spiro atoms. The van der Waals surface area contributed by atoms with Gasteiger partial charge in [-0.05, 0) is 12.4 Å². The summed E-state index contributed by atoms with van der Waals surface area (Å²) in [5.74, 6) is 0. The summed E-state index contributed by atoms with van der Waals surface area (Å²) in [5, 5.41) is 16.4. The maximum atomic E-state index is 8.18. The van der Waals surface area contributed by atoms with Crippen molar-refractivity contribution >= 4 is 7.85 Å². The predicted octanol–water partition coefficient (Wildman–Crippen LogP) is -0.0593. The maximum absolute atomic E-state index is 8.18. The zero-order valence-electron chi connectivity index (χ0n) is 4.89. The van der Waals surface area contributed by atoms with E-state index >= 15 is 0 Å². The van der Waals surface area contributed by atoms with Gasteiger partial charge in [0, 0.05) is 5.57 Å². The molecule has 8 heavy (non-hydrogen) atoms. The summed E-state index contributed by atoms with van der Waals surface area (Å²) >= 11 is 0. The number of nitriles is 2. The van der Waals surface area contributed by atoms with Crippen LogP contribution in [-0.2, 0) is 0 Å². The van der Waals surface area contributed by atoms with Crippen LogP contribution in [0.3, 0.4) is 0 Å². The van der Waals surface area contributed by atoms with Crippen LogP contribution in [-0.4, -0.2) is 7.85 Å². The molecule has 0 aliphatic rings. The summed E-state index contributed by atoms with van der Waals surface area (Å²) in [5.41, 5.74) is 0.986. The number of hydrogen-bond donors (Lipinski definition) is 0. The Morgan fingerprint density at radius 1 is 1.38 bits per heavy atom. The average molecular weight is 104 g/mol. The molecule has 0 fully saturated rings. The van der Waals surface area contributed by atoms with Gasteiger partial charge in [-0.15, -0.1) is 0 Å². The molecule has 0 radical (unpaired) electrons. The molecule has 0 unspecified atom stereocenters. The summed E-state index contributed by atoms with van der Waals surface area (Å²) in [6.07, 6.45) is 0. The first kappa shape index (κ1) is 6.78. The van der Waals surface area contributed by atoms with E-state index in [2.05, 4.69) is 0 Å². The van der Waals surface area contributed by atoms with E-state index in [-0.39, 0.29) is 0 Å². The van der Waals surface area contributed by atoms with Gasteiger partial charge in [0.25, 0.3) is 0 Å². The quantitative estimate of drug-likeness (QED) is 0.319. The molecule has 0 saturated carbocycles. The van der Waals surface area contributed by atoms with E-state index in [0.29, 0.717) is 11.0 Å². The summed E-state index contributed by atoms with van der Waals surface area (Å²) in [4.78, 5) is 0. The lowest BCUT2D eigenvalue weighted by atomic mass is 9.93. The Labute approximate surface area is 49.4 Å². The second kappa shape index (κ2) is 2.88. The van der Waals surface area contributed by atoms with Gasteiger partial charge in [-0.1, -0.05) is 0 Å². The van der Waals surface area contributed by atoms with Crippen molar-refractivity contribution in [1.82, 2.24) is 0 Å². The van der Waals surface area contributed by atoms with Crippen molar-refractivity contribution in [2.45, 2.75) is 6.92 Å². The smallest absolute Gasteiger partial charge is 0.154 e. The summed E-state index contributed by atoms with van der Waals surface area (Å²) < 4.78 is 0. The topological polar surface area (TPSA) is 47.6 Å². The summed E-state index contributed by atoms with van der Waals surface area (Å²) in [7, 11) is 1.62. The minimum absolute atomic E-state index is 0.493. The van der Waals surface area contributed by atoms with Crippen molar-refractivity contribution in [2.75, 3.05) is 0 Å². The van der Waals surface area contributed by atoms with Crippen LogP contribution < -0.4 is 0 Å². The van der Waals surface area contributed by atoms with Crippen LogP contribution in [0, 0.1) is 22.7 Å². The highest BCUT2D eigenvalue weighted by atomic mass is 14.3. The number of rotatable bonds is 0. The van der Waals surface area contributed by atoms with E-state index in [0.717, 1.165) is 0 Å². The molecule has 0 saturated heterocycles. The van der Waals surface area contributed by atoms with Gasteiger partial charge in [0.05, 0.1) is 12.1 Å². The molecule has 2 nitrogen and oxygen atoms in total. The molecule has 0 rings (SSSR count). The standard InChI is InChI=1S/C5H5BN2/c1-4(2-7)5(6)3-8/h6H2,1H3/b5-4+. The molecule has 0 aliphatic heterocycles. The Hall–Kier alpha value is -1.22. The molecule has 0 N–H and O–H groups in total. The molecule has 0 aliphatic carbocycles. The second-order valence-corrected chi connectivity index (χ2v) is 1.47. The Bertz CT molecular complexity index is 169. The first-order valence-electron chi connectivity index (χ1n) is 2.20. The van der Waals surface area contributed by atoms with Gasteiger partial charge in [-0.25, -0.2) is 0 Å². The second-order valence-electron chi connectivity index (χ2n) is 1.47. The Balaban J connectivity index is 4.41. The monoisotopic (exact) mass is 104 g/mol. The lowest BCUT2D eigenvalue weighted by molar-refractivity contribution is 1.42. The Morgan fingerprint density at radius 3 is 2.00 bits per heavy atom. The predicted molar refractivity (Wildman–Crippen MR) is 32.5 cm³/mol. The average Bonchev–Trinajstić information content (AvgIpc) is 1.84. The van der Waals surface area contributed by atoms with Crippen molar-refractivity contribution in [3.63, 3.8) is 0 Å². The van der Waals surface area contributed by atoms with Crippen molar-refractivity contribution in [3.05, 3.63) is 11.0 Å². The normalized spacial score (nSPS) is 10.9. The van der Waals surface area contributed by atoms with Gasteiger partial charge < -0.3 is 0 Å². The lowest BCUT2D eigenvalue weighted by Gasteiger charge is -1.81. The number of nitrogens with zero attached hydrogens (tertiary/aromatic N) is 2. The molecule has 0 atom stereocenters. The third-order valence-electron chi connectivity index (χ3n) is 0.898. The van der Waals surface area contributed by atoms with Crippen LogP contribution in [0.25, 0.3) is 0 Å². The molecule has 0 amide bonds. The fraction of sp³-hybridized carbons (Fsp3) is 0.200. The fourth-order valence-electron chi connectivity index (χ4n) is 0.168. The van der Waals surface area contributed by atoms with Crippen LogP contribution in [0.1, 0.15) is 6.92 Å². The van der Waals surface area contributed by atoms with Gasteiger partial charge >= 0.3 is 0 Å². The van der Waals surface area contributed by atoms with Crippen molar-refractivity contribution in [1.29, 1.82) is 10.5 Å². The van der Waals surface area contributed by atoms with Gasteiger partial charge in [-0.3, -0.25) is 0 Å². The zero-order valence-corrected chi connectivity index (χ0v) is 4.89. The van der Waals surface area contributed by atoms with Crippen LogP contribution in [0.4, 0.5) is 0 Å². The summed E-state index contributed by atoms with van der Waals surface area (Å²) in [6, 6.07) is 3.75. The van der Waals surface area contributed by atoms with E-state index < -0.39 is 0 Å². The van der Waals surface area contributed by atoms with Gasteiger partial charge in [0.15, 0.2) is 7.85 Å². The molecule has 3 heteroatoms. The van der Waals surface area contributed by atoms with Crippen molar-refractivity contribution in [2.24, 2.45) is 0 Å². The maximum Gasteiger partial charge on any atom is 0.154 e. The van der Waals surface area contributed by atoms with Crippen LogP contribution in [0.15, 0.2) is 11.0 Å². The molecule has 0 bridgehead atoms. The van der Waals surface area contributed by atoms with E-state index in [9.17, 15) is 0 Å². The fourth-order valence-corrected chi connectivity index (χ4v) is 0.168. The highest BCUT2D eigenvalue weighted by molar-refractivity contribution is 6.24. The van der Waals surface area contributed by atoms with Crippen LogP contribution in [0.2, 0.25) is 0 Å². The largest absolute Gasteiger partial charge is 0.194 e. The van der Waals surface area contributed by atoms with Gasteiger partial charge in [0.2, 0.25) is 0 Å². The lowest BCUT2D eigenvalue weighted by Crippen LogP contribution is -1.79. The molecular weight excluding hydrogens is 98.9 g/mol. The highest BCUT2D eigenvalue weighted by Gasteiger charge is 1.89. The number of hydrogen-bond acceptors (Lipinski definition) is 2. The van der Waals surface area contributed by atoms with E-state index in [1.54, 1.807) is 14.8 Å². The number of allylic oxidation sites excluding steroid dienone is 2. The first-order valence-corrected chi connectivity index (χ1v) is 2.20. The van der Waals surface area contributed by atoms with E-state index in [1.807, 2.05) is 12.1 Å². The molecule has 0 aromatic heterocycles. The molecule has 0 aromatic carbocycles. The third-order valence-corrected chi connectivity index (χ3v) is 0.898. The zero-order chi connectivity index (χ0) is 6.57. The third kappa shape index (κ3) is 1.49. The van der Waals surface area contributed by atoms with Crippen molar-refractivity contribution in [3.8, 4) is 12.1 Å². The Kier molecular flexibility index (Phi) is 2.44. The van der Waals surface area contributed by atoms with Crippen LogP contribution in [0.5, 0.6) is 0 Å². The molecule has 0 heterocycles. The van der Waals surface area contributed by atoms with Gasteiger partial charge in [0.1, 0.15) is 0 Å². The van der Waals surface area contributed by atoms with Gasteiger partial charge in [-0.2, -0.15) is 10.5 Å². The highest BCUT2D eigenvalue weighted by Crippen LogP contribution is 1.93. The van der Waals surface area contributed by atoms with E-state index in [4.69, 9.17) is 10.5 Å². The van der Waals surface area contributed by atoms with Crippen molar-refractivity contribution < 1.29 is 0 Å².